The van der Waals surface area contributed by atoms with Gasteiger partial charge >= 0.3 is 0 Å². The number of allylic oxidation sites excluding steroid dienone is 1. The summed E-state index contributed by atoms with van der Waals surface area (Å²) in [6.07, 6.45) is -2.50. The highest BCUT2D eigenvalue weighted by Gasteiger charge is 2.50. The zero-order valence-corrected chi connectivity index (χ0v) is 25.3. The number of hydrogen-bond donors (Lipinski definition) is 8. The van der Waals surface area contributed by atoms with Crippen molar-refractivity contribution >= 4 is 5.91 Å². The molecule has 240 valence electrons. The van der Waals surface area contributed by atoms with Crippen LogP contribution in [0.4, 0.5) is 0 Å². The maximum atomic E-state index is 13.3. The quantitative estimate of drug-likeness (QED) is 0.0932. The number of rotatable bonds is 15. The Balaban J connectivity index is 2.32. The standard InChI is InChI=1S/C29H55N3O9/c1-16(2)9-10-19(40-28-26(36)24(31)25(35)18(5)39-28)13-22-23(27(37)32-12-8-6-7-11-30)21(34)15-29(38,41-22)14-20(33)17(3)4/h9-10,16-26,28,33-36,38H,6-8,11-15,30-31H2,1-5H3,(H,32,37)/b10-9+/t18?,19-,20+,21-,22-,23+,24?,25?,26?,28?,29+/m0/s1. The van der Waals surface area contributed by atoms with Crippen LogP contribution in [0.3, 0.4) is 0 Å². The average Bonchev–Trinajstić information content (AvgIpc) is 2.88. The normalized spacial score (nSPS) is 36.1. The van der Waals surface area contributed by atoms with Gasteiger partial charge in [-0.05, 0) is 38.1 Å². The minimum Gasteiger partial charge on any atom is -0.393 e. The highest BCUT2D eigenvalue weighted by atomic mass is 16.7. The van der Waals surface area contributed by atoms with Crippen LogP contribution in [0.5, 0.6) is 0 Å². The Morgan fingerprint density at radius 2 is 1.80 bits per heavy atom. The van der Waals surface area contributed by atoms with Crippen LogP contribution in [0.1, 0.15) is 73.1 Å². The number of unbranched alkanes of at least 4 members (excludes halogenated alkanes) is 2. The molecular formula is C29H55N3O9. The molecule has 12 nitrogen and oxygen atoms in total. The largest absolute Gasteiger partial charge is 0.393 e. The van der Waals surface area contributed by atoms with E-state index in [4.69, 9.17) is 25.7 Å². The lowest BCUT2D eigenvalue weighted by atomic mass is 9.81. The molecule has 2 aliphatic heterocycles. The third kappa shape index (κ3) is 10.8. The number of aliphatic hydroxyl groups is 5. The van der Waals surface area contributed by atoms with E-state index in [-0.39, 0.29) is 31.1 Å². The number of nitrogens with two attached hydrogens (primary N) is 2. The Bertz CT molecular complexity index is 816. The molecule has 2 rings (SSSR count). The number of nitrogens with one attached hydrogen (secondary N) is 1. The third-order valence-electron chi connectivity index (χ3n) is 7.88. The van der Waals surface area contributed by atoms with E-state index in [1.165, 1.54) is 0 Å². The van der Waals surface area contributed by atoms with Gasteiger partial charge in [0.1, 0.15) is 6.10 Å². The van der Waals surface area contributed by atoms with E-state index in [1.807, 2.05) is 33.8 Å². The minimum atomic E-state index is -1.88. The van der Waals surface area contributed by atoms with E-state index < -0.39 is 72.7 Å². The number of carbonyl (C=O) groups excluding carboxylic acids is 1. The van der Waals surface area contributed by atoms with Crippen molar-refractivity contribution in [2.24, 2.45) is 29.2 Å². The van der Waals surface area contributed by atoms with Gasteiger partial charge < -0.3 is 56.5 Å². The first-order valence-electron chi connectivity index (χ1n) is 15.0. The van der Waals surface area contributed by atoms with Crippen LogP contribution in [-0.4, -0.2) is 105 Å². The molecule has 5 unspecified atom stereocenters. The molecule has 41 heavy (non-hydrogen) atoms. The molecule has 0 radical (unpaired) electrons. The van der Waals surface area contributed by atoms with Crippen LogP contribution in [0, 0.1) is 17.8 Å². The highest BCUT2D eigenvalue weighted by molar-refractivity contribution is 5.80. The summed E-state index contributed by atoms with van der Waals surface area (Å²) < 4.78 is 18.0. The maximum Gasteiger partial charge on any atom is 0.228 e. The number of ether oxygens (including phenoxy) is 3. The summed E-state index contributed by atoms with van der Waals surface area (Å²) in [4.78, 5) is 13.3. The van der Waals surface area contributed by atoms with Gasteiger partial charge in [0, 0.05) is 25.8 Å². The fourth-order valence-electron chi connectivity index (χ4n) is 5.22. The molecule has 2 heterocycles. The second-order valence-electron chi connectivity index (χ2n) is 12.4. The summed E-state index contributed by atoms with van der Waals surface area (Å²) in [6.45, 7) is 10.2. The molecule has 1 amide bonds. The molecule has 2 saturated heterocycles. The lowest BCUT2D eigenvalue weighted by molar-refractivity contribution is -0.307. The van der Waals surface area contributed by atoms with Gasteiger partial charge in [0.25, 0.3) is 0 Å². The zero-order chi connectivity index (χ0) is 30.9. The molecule has 11 atom stereocenters. The van der Waals surface area contributed by atoms with E-state index in [1.54, 1.807) is 13.0 Å². The van der Waals surface area contributed by atoms with Gasteiger partial charge in [-0.15, -0.1) is 0 Å². The first-order valence-corrected chi connectivity index (χ1v) is 15.0. The second kappa shape index (κ2) is 16.6. The molecule has 2 aliphatic rings. The van der Waals surface area contributed by atoms with Crippen LogP contribution in [0.2, 0.25) is 0 Å². The molecule has 0 saturated carbocycles. The highest BCUT2D eigenvalue weighted by Crippen LogP contribution is 2.38. The van der Waals surface area contributed by atoms with E-state index >= 15 is 0 Å². The van der Waals surface area contributed by atoms with E-state index in [2.05, 4.69) is 5.32 Å². The molecule has 2 fully saturated rings. The Labute approximate surface area is 244 Å². The molecule has 12 heteroatoms. The molecule has 0 aliphatic carbocycles. The molecule has 0 spiro atoms. The number of hydrogen-bond acceptors (Lipinski definition) is 11. The zero-order valence-electron chi connectivity index (χ0n) is 25.3. The van der Waals surface area contributed by atoms with Crippen LogP contribution in [0.15, 0.2) is 12.2 Å². The SMILES string of the molecule is CC(C)/C=C/[C@@H](C[C@@H]1O[C@](O)(C[C@@H](O)C(C)C)C[C@H](O)[C@H]1C(=O)NCCCCCN)OC1OC(C)C(O)C(N)C1O. The lowest BCUT2D eigenvalue weighted by Crippen LogP contribution is -2.62. The number of aliphatic hydroxyl groups excluding tert-OH is 4. The first-order chi connectivity index (χ1) is 19.2. The molecular weight excluding hydrogens is 534 g/mol. The van der Waals surface area contributed by atoms with Crippen molar-refractivity contribution in [3.05, 3.63) is 12.2 Å². The van der Waals surface area contributed by atoms with E-state index in [0.717, 1.165) is 19.3 Å². The fourth-order valence-corrected chi connectivity index (χ4v) is 5.22. The van der Waals surface area contributed by atoms with Crippen LogP contribution in [0.25, 0.3) is 0 Å². The van der Waals surface area contributed by atoms with E-state index in [9.17, 15) is 30.3 Å². The smallest absolute Gasteiger partial charge is 0.228 e. The number of carbonyl (C=O) groups is 1. The van der Waals surface area contributed by atoms with Crippen LogP contribution < -0.4 is 16.8 Å². The Morgan fingerprint density at radius 3 is 2.41 bits per heavy atom. The predicted octanol–water partition coefficient (Wildman–Crippen LogP) is -0.125. The molecule has 0 aromatic rings. The molecule has 0 aromatic heterocycles. The Kier molecular flexibility index (Phi) is 14.6. The van der Waals surface area contributed by atoms with Gasteiger partial charge in [-0.25, -0.2) is 0 Å². The van der Waals surface area contributed by atoms with Gasteiger partial charge in [0.2, 0.25) is 5.91 Å². The number of amides is 1. The predicted molar refractivity (Wildman–Crippen MR) is 153 cm³/mol. The summed E-state index contributed by atoms with van der Waals surface area (Å²) in [5.74, 6) is -3.34. The van der Waals surface area contributed by atoms with Crippen LogP contribution >= 0.6 is 0 Å². The second-order valence-corrected chi connectivity index (χ2v) is 12.4. The van der Waals surface area contributed by atoms with Crippen molar-refractivity contribution in [3.63, 3.8) is 0 Å². The van der Waals surface area contributed by atoms with Gasteiger partial charge in [-0.1, -0.05) is 46.3 Å². The molecule has 0 bridgehead atoms. The van der Waals surface area contributed by atoms with E-state index in [0.29, 0.717) is 13.1 Å². The van der Waals surface area contributed by atoms with Gasteiger partial charge in [0.05, 0.1) is 48.6 Å². The average molecular weight is 590 g/mol. The Hall–Kier alpha value is -1.19. The van der Waals surface area contributed by atoms with Crippen molar-refractivity contribution in [3.8, 4) is 0 Å². The fraction of sp³-hybridized carbons (Fsp3) is 0.897. The minimum absolute atomic E-state index is 0.0182. The van der Waals surface area contributed by atoms with Gasteiger partial charge in [-0.2, -0.15) is 0 Å². The van der Waals surface area contributed by atoms with Gasteiger partial charge in [-0.3, -0.25) is 4.79 Å². The maximum absolute atomic E-state index is 13.3. The third-order valence-corrected chi connectivity index (χ3v) is 7.88. The summed E-state index contributed by atoms with van der Waals surface area (Å²) in [5.41, 5.74) is 11.5. The Morgan fingerprint density at radius 1 is 1.12 bits per heavy atom. The van der Waals surface area contributed by atoms with Crippen molar-refractivity contribution < 1.29 is 44.5 Å². The lowest BCUT2D eigenvalue weighted by Gasteiger charge is -2.46. The molecule has 0 aromatic carbocycles. The molecule has 10 N–H and O–H groups in total. The topological polar surface area (TPSA) is 210 Å². The van der Waals surface area contributed by atoms with Crippen molar-refractivity contribution in [1.82, 2.24) is 5.32 Å². The van der Waals surface area contributed by atoms with Crippen molar-refractivity contribution in [1.29, 1.82) is 0 Å². The summed E-state index contributed by atoms with van der Waals surface area (Å²) in [5, 5.41) is 56.7. The summed E-state index contributed by atoms with van der Waals surface area (Å²) in [6, 6.07) is -0.994. The monoisotopic (exact) mass is 589 g/mol. The van der Waals surface area contributed by atoms with Crippen LogP contribution in [-0.2, 0) is 19.0 Å². The van der Waals surface area contributed by atoms with Gasteiger partial charge in [0.15, 0.2) is 12.1 Å². The first kappa shape index (κ1) is 36.0. The summed E-state index contributed by atoms with van der Waals surface area (Å²) >= 11 is 0. The van der Waals surface area contributed by atoms with Crippen molar-refractivity contribution in [2.75, 3.05) is 13.1 Å². The summed E-state index contributed by atoms with van der Waals surface area (Å²) in [7, 11) is 0. The van der Waals surface area contributed by atoms with Crippen molar-refractivity contribution in [2.45, 2.75) is 134 Å².